The highest BCUT2D eigenvalue weighted by Crippen LogP contribution is 2.28. The van der Waals surface area contributed by atoms with Gasteiger partial charge in [-0.2, -0.15) is 0 Å². The third kappa shape index (κ3) is 4.91. The van der Waals surface area contributed by atoms with Gasteiger partial charge in [0.25, 0.3) is 0 Å². The Morgan fingerprint density at radius 1 is 1.07 bits per heavy atom. The molecular formula is C21H27NO5S. The molecule has 0 amide bonds. The van der Waals surface area contributed by atoms with Crippen molar-refractivity contribution < 1.29 is 22.7 Å². The van der Waals surface area contributed by atoms with Crippen molar-refractivity contribution in [3.63, 3.8) is 0 Å². The minimum Gasteiger partial charge on any atom is -0.495 e. The maximum atomic E-state index is 12.4. The SMILES string of the molecule is COc1ccc(C(=O)OCc2c(C)cc(C(C)(C)C)cc2C)cc1S(N)(=O)=O. The molecule has 0 aliphatic carbocycles. The van der Waals surface area contributed by atoms with E-state index >= 15 is 0 Å². The Morgan fingerprint density at radius 2 is 1.64 bits per heavy atom. The van der Waals surface area contributed by atoms with Crippen LogP contribution in [0, 0.1) is 13.8 Å². The van der Waals surface area contributed by atoms with Gasteiger partial charge in [0.15, 0.2) is 0 Å². The second-order valence-electron chi connectivity index (χ2n) is 7.83. The normalized spacial score (nSPS) is 12.0. The van der Waals surface area contributed by atoms with Crippen molar-refractivity contribution in [1.29, 1.82) is 0 Å². The average Bonchev–Trinajstić information content (AvgIpc) is 2.58. The van der Waals surface area contributed by atoms with Crippen LogP contribution in [0.1, 0.15) is 53.4 Å². The number of esters is 1. The van der Waals surface area contributed by atoms with E-state index in [-0.39, 0.29) is 28.2 Å². The smallest absolute Gasteiger partial charge is 0.338 e. The number of benzene rings is 2. The first-order valence-electron chi connectivity index (χ1n) is 8.83. The summed E-state index contributed by atoms with van der Waals surface area (Å²) in [6.07, 6.45) is 0. The summed E-state index contributed by atoms with van der Waals surface area (Å²) in [5.74, 6) is -0.560. The summed E-state index contributed by atoms with van der Waals surface area (Å²) in [5, 5.41) is 5.20. The van der Waals surface area contributed by atoms with E-state index in [1.165, 1.54) is 30.9 Å². The maximum absolute atomic E-state index is 12.4. The van der Waals surface area contributed by atoms with Gasteiger partial charge in [-0.05, 0) is 59.7 Å². The number of hydrogen-bond acceptors (Lipinski definition) is 5. The quantitative estimate of drug-likeness (QED) is 0.767. The van der Waals surface area contributed by atoms with Crippen molar-refractivity contribution in [2.45, 2.75) is 51.5 Å². The Bertz CT molecular complexity index is 981. The van der Waals surface area contributed by atoms with Gasteiger partial charge in [-0.1, -0.05) is 32.9 Å². The van der Waals surface area contributed by atoms with Gasteiger partial charge in [-0.25, -0.2) is 18.4 Å². The summed E-state index contributed by atoms with van der Waals surface area (Å²) in [4.78, 5) is 12.2. The van der Waals surface area contributed by atoms with Crippen molar-refractivity contribution in [2.75, 3.05) is 7.11 Å². The zero-order valence-electron chi connectivity index (χ0n) is 17.1. The van der Waals surface area contributed by atoms with Crippen LogP contribution in [0.25, 0.3) is 0 Å². The Kier molecular flexibility index (Phi) is 6.21. The van der Waals surface area contributed by atoms with Crippen molar-refractivity contribution in [3.05, 3.63) is 58.1 Å². The van der Waals surface area contributed by atoms with Crippen LogP contribution >= 0.6 is 0 Å². The van der Waals surface area contributed by atoms with Gasteiger partial charge >= 0.3 is 5.97 Å². The molecule has 2 rings (SSSR count). The van der Waals surface area contributed by atoms with Gasteiger partial charge in [-0.3, -0.25) is 0 Å². The average molecular weight is 406 g/mol. The summed E-state index contributed by atoms with van der Waals surface area (Å²) in [6.45, 7) is 10.5. The topological polar surface area (TPSA) is 95.7 Å². The molecule has 2 aromatic rings. The standard InChI is InChI=1S/C21H27NO5S/c1-13-9-16(21(3,4)5)10-14(2)17(13)12-27-20(23)15-7-8-18(26-6)19(11-15)28(22,24)25/h7-11H,12H2,1-6H3,(H2,22,24,25). The molecule has 152 valence electrons. The third-order valence-electron chi connectivity index (χ3n) is 4.62. The van der Waals surface area contributed by atoms with Crippen LogP contribution in [0.5, 0.6) is 5.75 Å². The van der Waals surface area contributed by atoms with Gasteiger partial charge < -0.3 is 9.47 Å². The van der Waals surface area contributed by atoms with Gasteiger partial charge in [0.1, 0.15) is 17.3 Å². The summed E-state index contributed by atoms with van der Waals surface area (Å²) in [6, 6.07) is 8.19. The lowest BCUT2D eigenvalue weighted by atomic mass is 9.84. The van der Waals surface area contributed by atoms with Crippen LogP contribution in [0.2, 0.25) is 0 Å². The number of ether oxygens (including phenoxy) is 2. The summed E-state index contributed by atoms with van der Waals surface area (Å²) in [5.41, 5.74) is 4.34. The Morgan fingerprint density at radius 3 is 2.11 bits per heavy atom. The predicted molar refractivity (Wildman–Crippen MR) is 108 cm³/mol. The lowest BCUT2D eigenvalue weighted by molar-refractivity contribution is 0.0471. The number of sulfonamides is 1. The number of rotatable bonds is 5. The molecule has 2 N–H and O–H groups in total. The van der Waals surface area contributed by atoms with E-state index in [4.69, 9.17) is 14.6 Å². The number of carbonyl (C=O) groups is 1. The van der Waals surface area contributed by atoms with Gasteiger partial charge in [0, 0.05) is 0 Å². The molecule has 0 unspecified atom stereocenters. The third-order valence-corrected chi connectivity index (χ3v) is 5.55. The molecule has 7 heteroatoms. The summed E-state index contributed by atoms with van der Waals surface area (Å²) in [7, 11) is -2.71. The first-order valence-corrected chi connectivity index (χ1v) is 10.4. The Balaban J connectivity index is 2.26. The second kappa shape index (κ2) is 7.93. The van der Waals surface area contributed by atoms with Crippen LogP contribution in [-0.4, -0.2) is 21.5 Å². The van der Waals surface area contributed by atoms with Crippen LogP contribution < -0.4 is 9.88 Å². The molecule has 0 radical (unpaired) electrons. The van der Waals surface area contributed by atoms with E-state index in [1.54, 1.807) is 0 Å². The highest BCUT2D eigenvalue weighted by molar-refractivity contribution is 7.89. The maximum Gasteiger partial charge on any atom is 0.338 e. The van der Waals surface area contributed by atoms with E-state index in [9.17, 15) is 13.2 Å². The van der Waals surface area contributed by atoms with E-state index in [0.717, 1.165) is 16.7 Å². The minimum absolute atomic E-state index is 0.0257. The number of nitrogens with two attached hydrogens (primary N) is 1. The monoisotopic (exact) mass is 405 g/mol. The predicted octanol–water partition coefficient (Wildman–Crippen LogP) is 3.61. The molecule has 0 fully saturated rings. The first kappa shape index (κ1) is 21.9. The zero-order valence-corrected chi connectivity index (χ0v) is 17.9. The van der Waals surface area contributed by atoms with E-state index < -0.39 is 16.0 Å². The highest BCUT2D eigenvalue weighted by Gasteiger charge is 2.20. The first-order chi connectivity index (χ1) is 12.8. The molecule has 0 aliphatic rings. The van der Waals surface area contributed by atoms with Crippen LogP contribution in [0.3, 0.4) is 0 Å². The van der Waals surface area contributed by atoms with Gasteiger partial charge in [0.2, 0.25) is 10.0 Å². The second-order valence-corrected chi connectivity index (χ2v) is 9.36. The number of primary sulfonamides is 1. The van der Waals surface area contributed by atoms with Crippen LogP contribution in [-0.2, 0) is 26.8 Å². The van der Waals surface area contributed by atoms with Crippen molar-refractivity contribution in [3.8, 4) is 5.75 Å². The molecule has 0 saturated heterocycles. The van der Waals surface area contributed by atoms with Gasteiger partial charge in [-0.15, -0.1) is 0 Å². The number of aryl methyl sites for hydroxylation is 2. The molecule has 0 aromatic heterocycles. The summed E-state index contributed by atoms with van der Waals surface area (Å²) >= 11 is 0. The fourth-order valence-electron chi connectivity index (χ4n) is 2.90. The summed E-state index contributed by atoms with van der Waals surface area (Å²) < 4.78 is 33.9. The molecule has 0 atom stereocenters. The fourth-order valence-corrected chi connectivity index (χ4v) is 3.62. The van der Waals surface area contributed by atoms with E-state index in [2.05, 4.69) is 32.9 Å². The van der Waals surface area contributed by atoms with Crippen molar-refractivity contribution in [2.24, 2.45) is 5.14 Å². The van der Waals surface area contributed by atoms with Crippen molar-refractivity contribution in [1.82, 2.24) is 0 Å². The molecule has 0 spiro atoms. The lowest BCUT2D eigenvalue weighted by Crippen LogP contribution is -2.15. The number of methoxy groups -OCH3 is 1. The molecule has 0 bridgehead atoms. The minimum atomic E-state index is -4.03. The Labute approximate surface area is 166 Å². The van der Waals surface area contributed by atoms with Crippen LogP contribution in [0.4, 0.5) is 0 Å². The Hall–Kier alpha value is -2.38. The van der Waals surface area contributed by atoms with Gasteiger partial charge in [0.05, 0.1) is 12.7 Å². The van der Waals surface area contributed by atoms with E-state index in [1.807, 2.05) is 13.8 Å². The largest absolute Gasteiger partial charge is 0.495 e. The highest BCUT2D eigenvalue weighted by atomic mass is 32.2. The molecular weight excluding hydrogens is 378 g/mol. The molecule has 6 nitrogen and oxygen atoms in total. The molecule has 2 aromatic carbocycles. The number of hydrogen-bond donors (Lipinski definition) is 1. The molecule has 0 saturated carbocycles. The molecule has 0 heterocycles. The lowest BCUT2D eigenvalue weighted by Gasteiger charge is -2.22. The van der Waals surface area contributed by atoms with Crippen molar-refractivity contribution >= 4 is 16.0 Å². The fraction of sp³-hybridized carbons (Fsp3) is 0.381. The molecule has 0 aliphatic heterocycles. The molecule has 28 heavy (non-hydrogen) atoms. The zero-order chi connectivity index (χ0) is 21.3. The van der Waals surface area contributed by atoms with E-state index in [0.29, 0.717) is 0 Å². The number of carbonyl (C=O) groups excluding carboxylic acids is 1. The van der Waals surface area contributed by atoms with Crippen LogP contribution in [0.15, 0.2) is 35.2 Å².